The molecule has 2 saturated carbocycles. The maximum atomic E-state index is 12.1. The highest BCUT2D eigenvalue weighted by Gasteiger charge is 2.46. The van der Waals surface area contributed by atoms with Crippen molar-refractivity contribution >= 4 is 11.9 Å². The van der Waals surface area contributed by atoms with Crippen LogP contribution in [0.1, 0.15) is 51.0 Å². The summed E-state index contributed by atoms with van der Waals surface area (Å²) in [5.74, 6) is 0.741. The number of ether oxygens (including phenoxy) is 2. The molecule has 0 heterocycles. The summed E-state index contributed by atoms with van der Waals surface area (Å²) in [6, 6.07) is 7.30. The van der Waals surface area contributed by atoms with Crippen molar-refractivity contribution in [2.75, 3.05) is 6.61 Å². The first kappa shape index (κ1) is 16.0. The van der Waals surface area contributed by atoms with Crippen molar-refractivity contribution in [1.82, 2.24) is 0 Å². The van der Waals surface area contributed by atoms with E-state index in [1.807, 2.05) is 31.2 Å². The van der Waals surface area contributed by atoms with E-state index in [4.69, 9.17) is 9.47 Å². The van der Waals surface area contributed by atoms with Crippen molar-refractivity contribution in [3.63, 3.8) is 0 Å². The predicted molar refractivity (Wildman–Crippen MR) is 86.0 cm³/mol. The molecule has 2 aliphatic rings. The third kappa shape index (κ3) is 3.92. The fourth-order valence-electron chi connectivity index (χ4n) is 4.10. The molecule has 124 valence electrons. The normalized spacial score (nSPS) is 25.3. The van der Waals surface area contributed by atoms with Gasteiger partial charge in [0.05, 0.1) is 19.4 Å². The Kier molecular flexibility index (Phi) is 4.69. The van der Waals surface area contributed by atoms with Gasteiger partial charge >= 0.3 is 11.9 Å². The molecule has 1 aromatic carbocycles. The monoisotopic (exact) mass is 316 g/mol. The van der Waals surface area contributed by atoms with Gasteiger partial charge in [-0.2, -0.15) is 0 Å². The van der Waals surface area contributed by atoms with Crippen LogP contribution in [0.4, 0.5) is 0 Å². The van der Waals surface area contributed by atoms with E-state index in [2.05, 4.69) is 0 Å². The van der Waals surface area contributed by atoms with Gasteiger partial charge in [0.2, 0.25) is 0 Å². The molecule has 4 nitrogen and oxygen atoms in total. The summed E-state index contributed by atoms with van der Waals surface area (Å²) in [6.45, 7) is 2.53. The average molecular weight is 316 g/mol. The predicted octanol–water partition coefficient (Wildman–Crippen LogP) is 3.67. The fraction of sp³-hybridized carbons (Fsp3) is 0.579. The zero-order valence-electron chi connectivity index (χ0n) is 13.7. The topological polar surface area (TPSA) is 52.6 Å². The van der Waals surface area contributed by atoms with Gasteiger partial charge in [-0.05, 0) is 68.1 Å². The lowest BCUT2D eigenvalue weighted by Gasteiger charge is -2.24. The molecular formula is C19H24O4. The number of fused-ring (bicyclic) bond motifs is 2. The van der Waals surface area contributed by atoms with E-state index >= 15 is 0 Å². The molecule has 0 aromatic heterocycles. The summed E-state index contributed by atoms with van der Waals surface area (Å²) in [4.78, 5) is 24.0. The number of carbonyl (C=O) groups is 2. The molecule has 0 aliphatic heterocycles. The largest absolute Gasteiger partial charge is 0.494 e. The summed E-state index contributed by atoms with van der Waals surface area (Å²) in [6.07, 6.45) is 6.34. The molecule has 0 saturated heterocycles. The molecule has 2 aliphatic carbocycles. The van der Waals surface area contributed by atoms with E-state index in [0.29, 0.717) is 13.0 Å². The van der Waals surface area contributed by atoms with Crippen LogP contribution < -0.4 is 4.74 Å². The summed E-state index contributed by atoms with van der Waals surface area (Å²) in [5.41, 5.74) is 0.951. The quantitative estimate of drug-likeness (QED) is 0.593. The molecule has 3 rings (SSSR count). The molecule has 0 spiro atoms. The molecule has 0 N–H and O–H groups in total. The van der Waals surface area contributed by atoms with E-state index in [0.717, 1.165) is 36.5 Å². The van der Waals surface area contributed by atoms with E-state index in [-0.39, 0.29) is 17.8 Å². The summed E-state index contributed by atoms with van der Waals surface area (Å²) < 4.78 is 10.4. The SMILES string of the molecule is CCOc1ccc(CC(=O)OC(=O)CC23CCC(CC2)C3)cc1. The minimum absolute atomic E-state index is 0.119. The zero-order chi connectivity index (χ0) is 16.3. The second-order valence-electron chi connectivity index (χ2n) is 6.92. The highest BCUT2D eigenvalue weighted by atomic mass is 16.6. The number of carbonyl (C=O) groups excluding carboxylic acids is 2. The lowest BCUT2D eigenvalue weighted by atomic mass is 9.81. The second-order valence-corrected chi connectivity index (χ2v) is 6.92. The Labute approximate surface area is 137 Å². The van der Waals surface area contributed by atoms with Crippen LogP contribution in [0.5, 0.6) is 5.75 Å². The van der Waals surface area contributed by atoms with Crippen LogP contribution in [0.15, 0.2) is 24.3 Å². The third-order valence-electron chi connectivity index (χ3n) is 5.22. The van der Waals surface area contributed by atoms with E-state index in [9.17, 15) is 9.59 Å². The van der Waals surface area contributed by atoms with Crippen molar-refractivity contribution < 1.29 is 19.1 Å². The van der Waals surface area contributed by atoms with Crippen molar-refractivity contribution in [1.29, 1.82) is 0 Å². The van der Waals surface area contributed by atoms with Gasteiger partial charge in [-0.25, -0.2) is 0 Å². The number of hydrogen-bond acceptors (Lipinski definition) is 4. The smallest absolute Gasteiger partial charge is 0.317 e. The van der Waals surface area contributed by atoms with E-state index in [1.54, 1.807) is 0 Å². The van der Waals surface area contributed by atoms with Crippen molar-refractivity contribution in [2.24, 2.45) is 11.3 Å². The highest BCUT2D eigenvalue weighted by Crippen LogP contribution is 2.56. The molecule has 23 heavy (non-hydrogen) atoms. The average Bonchev–Trinajstić information content (AvgIpc) is 3.09. The zero-order valence-corrected chi connectivity index (χ0v) is 13.7. The molecule has 0 amide bonds. The molecule has 0 radical (unpaired) electrons. The maximum absolute atomic E-state index is 12.1. The van der Waals surface area contributed by atoms with Crippen LogP contribution in [0.25, 0.3) is 0 Å². The van der Waals surface area contributed by atoms with Gasteiger partial charge in [-0.15, -0.1) is 0 Å². The molecule has 2 fully saturated rings. The van der Waals surface area contributed by atoms with E-state index < -0.39 is 5.97 Å². The minimum Gasteiger partial charge on any atom is -0.494 e. The summed E-state index contributed by atoms with van der Waals surface area (Å²) >= 11 is 0. The van der Waals surface area contributed by atoms with Gasteiger partial charge in [0.1, 0.15) is 5.75 Å². The summed E-state index contributed by atoms with van der Waals surface area (Å²) in [7, 11) is 0. The van der Waals surface area contributed by atoms with Crippen LogP contribution in [0.3, 0.4) is 0 Å². The standard InChI is InChI=1S/C19H24O4/c1-2-22-16-5-3-14(4-6-16)11-17(20)23-18(21)13-19-9-7-15(12-19)8-10-19/h3-6,15H,2,7-13H2,1H3. The highest BCUT2D eigenvalue weighted by molar-refractivity contribution is 5.87. The molecule has 4 heteroatoms. The number of rotatable bonds is 6. The van der Waals surface area contributed by atoms with Crippen LogP contribution in [-0.4, -0.2) is 18.5 Å². The van der Waals surface area contributed by atoms with Gasteiger partial charge in [0.15, 0.2) is 0 Å². The molecule has 1 aromatic rings. The first-order valence-corrected chi connectivity index (χ1v) is 8.54. The second kappa shape index (κ2) is 6.73. The van der Waals surface area contributed by atoms with Gasteiger partial charge in [0, 0.05) is 0 Å². The van der Waals surface area contributed by atoms with Crippen LogP contribution in [0.2, 0.25) is 0 Å². The molecular weight excluding hydrogens is 292 g/mol. The maximum Gasteiger partial charge on any atom is 0.317 e. The molecule has 0 atom stereocenters. The number of esters is 2. The van der Waals surface area contributed by atoms with E-state index in [1.165, 1.54) is 12.8 Å². The van der Waals surface area contributed by atoms with Crippen molar-refractivity contribution in [3.8, 4) is 5.75 Å². The van der Waals surface area contributed by atoms with Gasteiger partial charge in [-0.1, -0.05) is 12.1 Å². The number of benzene rings is 1. The van der Waals surface area contributed by atoms with Gasteiger partial charge in [0.25, 0.3) is 0 Å². The van der Waals surface area contributed by atoms with Gasteiger partial charge in [-0.3, -0.25) is 9.59 Å². The van der Waals surface area contributed by atoms with Crippen LogP contribution >= 0.6 is 0 Å². The van der Waals surface area contributed by atoms with Crippen molar-refractivity contribution in [3.05, 3.63) is 29.8 Å². The Morgan fingerprint density at radius 3 is 2.39 bits per heavy atom. The summed E-state index contributed by atoms with van der Waals surface area (Å²) in [5, 5.41) is 0. The first-order chi connectivity index (χ1) is 11.1. The van der Waals surface area contributed by atoms with Crippen molar-refractivity contribution in [2.45, 2.75) is 51.9 Å². The Bertz CT molecular complexity index is 568. The van der Waals surface area contributed by atoms with Crippen LogP contribution in [-0.2, 0) is 20.7 Å². The Hall–Kier alpha value is -1.84. The Balaban J connectivity index is 1.48. The lowest BCUT2D eigenvalue weighted by Crippen LogP contribution is -2.23. The Morgan fingerprint density at radius 2 is 1.83 bits per heavy atom. The molecule has 2 bridgehead atoms. The Morgan fingerprint density at radius 1 is 1.13 bits per heavy atom. The fourth-order valence-corrected chi connectivity index (χ4v) is 4.10. The first-order valence-electron chi connectivity index (χ1n) is 8.54. The van der Waals surface area contributed by atoms with Gasteiger partial charge < -0.3 is 9.47 Å². The number of hydrogen-bond donors (Lipinski definition) is 0. The minimum atomic E-state index is -0.469. The molecule has 0 unspecified atom stereocenters. The third-order valence-corrected chi connectivity index (χ3v) is 5.22. The lowest BCUT2D eigenvalue weighted by molar-refractivity contribution is -0.160. The van der Waals surface area contributed by atoms with Crippen LogP contribution in [0, 0.1) is 11.3 Å².